The Hall–Kier alpha value is -2.63. The summed E-state index contributed by atoms with van der Waals surface area (Å²) in [7, 11) is 0. The average Bonchev–Trinajstić information content (AvgIpc) is 2.49. The average molecular weight is 340 g/mol. The first-order valence-electron chi connectivity index (χ1n) is 6.07. The fraction of sp³-hybridized carbons (Fsp3) is 0.0625. The molecule has 1 amide bonds. The van der Waals surface area contributed by atoms with Gasteiger partial charge >= 0.3 is 0 Å². The molecule has 2 aromatic rings. The Morgan fingerprint density at radius 1 is 1.14 bits per heavy atom. The number of anilines is 1. The van der Waals surface area contributed by atoms with E-state index in [4.69, 9.17) is 10.5 Å². The van der Waals surface area contributed by atoms with Gasteiger partial charge in [-0.05, 0) is 42.8 Å². The van der Waals surface area contributed by atoms with Gasteiger partial charge in [-0.2, -0.15) is 10.5 Å². The predicted molar refractivity (Wildman–Crippen MR) is 82.7 cm³/mol. The second-order valence-electron chi connectivity index (χ2n) is 4.35. The molecule has 0 atom stereocenters. The number of rotatable bonds is 2. The van der Waals surface area contributed by atoms with E-state index in [1.54, 1.807) is 18.2 Å². The second-order valence-corrected chi connectivity index (χ2v) is 5.20. The summed E-state index contributed by atoms with van der Waals surface area (Å²) in [5.74, 6) is -0.262. The zero-order chi connectivity index (χ0) is 15.4. The maximum absolute atomic E-state index is 12.3. The lowest BCUT2D eigenvalue weighted by Gasteiger charge is -2.09. The van der Waals surface area contributed by atoms with E-state index >= 15 is 0 Å². The molecule has 0 aliphatic carbocycles. The largest absolute Gasteiger partial charge is 0.322 e. The molecule has 0 heterocycles. The summed E-state index contributed by atoms with van der Waals surface area (Å²) in [5.41, 5.74) is 2.39. The van der Waals surface area contributed by atoms with Gasteiger partial charge in [-0.15, -0.1) is 0 Å². The van der Waals surface area contributed by atoms with E-state index in [9.17, 15) is 4.79 Å². The van der Waals surface area contributed by atoms with Crippen molar-refractivity contribution in [1.29, 1.82) is 10.5 Å². The maximum atomic E-state index is 12.3. The molecule has 0 spiro atoms. The molecule has 0 unspecified atom stereocenters. The van der Waals surface area contributed by atoms with Crippen molar-refractivity contribution in [2.24, 2.45) is 0 Å². The number of nitrogens with one attached hydrogen (secondary N) is 1. The first-order valence-corrected chi connectivity index (χ1v) is 6.87. The first kappa shape index (κ1) is 14.8. The van der Waals surface area contributed by atoms with Crippen molar-refractivity contribution in [3.05, 3.63) is 63.1 Å². The summed E-state index contributed by atoms with van der Waals surface area (Å²) in [6, 6.07) is 13.9. The van der Waals surface area contributed by atoms with Crippen LogP contribution in [-0.2, 0) is 0 Å². The van der Waals surface area contributed by atoms with Crippen molar-refractivity contribution in [3.8, 4) is 12.1 Å². The van der Waals surface area contributed by atoms with Crippen LogP contribution < -0.4 is 5.32 Å². The molecule has 0 fully saturated rings. The highest BCUT2D eigenvalue weighted by molar-refractivity contribution is 9.10. The summed E-state index contributed by atoms with van der Waals surface area (Å²) in [6.07, 6.45) is 0. The molecule has 2 aromatic carbocycles. The van der Waals surface area contributed by atoms with E-state index in [0.717, 1.165) is 10.0 Å². The van der Waals surface area contributed by atoms with Gasteiger partial charge in [-0.3, -0.25) is 4.79 Å². The number of carbonyl (C=O) groups excluding carboxylic acids is 1. The monoisotopic (exact) mass is 339 g/mol. The van der Waals surface area contributed by atoms with Gasteiger partial charge in [0, 0.05) is 15.7 Å². The Morgan fingerprint density at radius 2 is 1.86 bits per heavy atom. The second kappa shape index (κ2) is 6.21. The summed E-state index contributed by atoms with van der Waals surface area (Å²) in [6.45, 7) is 1.85. The highest BCUT2D eigenvalue weighted by Crippen LogP contribution is 2.21. The lowest BCUT2D eigenvalue weighted by atomic mass is 10.1. The SMILES string of the molecule is Cc1c(Br)cccc1C(=O)Nc1ccc(C#N)c(C#N)c1. The highest BCUT2D eigenvalue weighted by atomic mass is 79.9. The molecule has 21 heavy (non-hydrogen) atoms. The van der Waals surface area contributed by atoms with Gasteiger partial charge in [0.15, 0.2) is 0 Å². The molecule has 102 valence electrons. The molecule has 0 aliphatic heterocycles. The van der Waals surface area contributed by atoms with Gasteiger partial charge in [-0.1, -0.05) is 22.0 Å². The van der Waals surface area contributed by atoms with Crippen LogP contribution in [0, 0.1) is 29.6 Å². The van der Waals surface area contributed by atoms with Crippen molar-refractivity contribution < 1.29 is 4.79 Å². The predicted octanol–water partition coefficient (Wildman–Crippen LogP) is 3.75. The van der Waals surface area contributed by atoms with Crippen molar-refractivity contribution >= 4 is 27.5 Å². The van der Waals surface area contributed by atoms with E-state index < -0.39 is 0 Å². The fourth-order valence-electron chi connectivity index (χ4n) is 1.86. The first-order chi connectivity index (χ1) is 10.1. The van der Waals surface area contributed by atoms with Crippen LogP contribution in [0.5, 0.6) is 0 Å². The fourth-order valence-corrected chi connectivity index (χ4v) is 2.23. The Bertz CT molecular complexity index is 800. The van der Waals surface area contributed by atoms with E-state index in [2.05, 4.69) is 21.2 Å². The number of nitriles is 2. The third-order valence-electron chi connectivity index (χ3n) is 3.03. The van der Waals surface area contributed by atoms with Gasteiger partial charge in [0.05, 0.1) is 11.1 Å². The van der Waals surface area contributed by atoms with Gasteiger partial charge in [-0.25, -0.2) is 0 Å². The molecule has 5 heteroatoms. The van der Waals surface area contributed by atoms with E-state index in [1.807, 2.05) is 25.1 Å². The minimum atomic E-state index is -0.262. The van der Waals surface area contributed by atoms with Gasteiger partial charge in [0.25, 0.3) is 5.91 Å². The lowest BCUT2D eigenvalue weighted by molar-refractivity contribution is 0.102. The molecule has 2 rings (SSSR count). The van der Waals surface area contributed by atoms with E-state index in [1.165, 1.54) is 12.1 Å². The molecule has 0 aliphatic rings. The molecule has 0 aromatic heterocycles. The number of hydrogen-bond donors (Lipinski definition) is 1. The van der Waals surface area contributed by atoms with Crippen LogP contribution >= 0.6 is 15.9 Å². The maximum Gasteiger partial charge on any atom is 0.255 e. The zero-order valence-corrected chi connectivity index (χ0v) is 12.7. The number of benzene rings is 2. The molecular weight excluding hydrogens is 330 g/mol. The molecule has 0 saturated heterocycles. The minimum absolute atomic E-state index is 0.237. The topological polar surface area (TPSA) is 76.7 Å². The quantitative estimate of drug-likeness (QED) is 0.904. The smallest absolute Gasteiger partial charge is 0.255 e. The molecule has 0 saturated carbocycles. The number of nitrogens with zero attached hydrogens (tertiary/aromatic N) is 2. The van der Waals surface area contributed by atoms with Crippen molar-refractivity contribution in [3.63, 3.8) is 0 Å². The van der Waals surface area contributed by atoms with Crippen LogP contribution in [-0.4, -0.2) is 5.91 Å². The number of amides is 1. The molecule has 0 radical (unpaired) electrons. The Balaban J connectivity index is 2.31. The number of halogens is 1. The Morgan fingerprint density at radius 3 is 2.52 bits per heavy atom. The third-order valence-corrected chi connectivity index (χ3v) is 3.89. The van der Waals surface area contributed by atoms with Gasteiger partial charge < -0.3 is 5.32 Å². The molecule has 1 N–H and O–H groups in total. The Labute approximate surface area is 130 Å². The third kappa shape index (κ3) is 3.10. The van der Waals surface area contributed by atoms with E-state index in [-0.39, 0.29) is 17.0 Å². The highest BCUT2D eigenvalue weighted by Gasteiger charge is 2.12. The summed E-state index contributed by atoms with van der Waals surface area (Å²) in [5, 5.41) is 20.6. The van der Waals surface area contributed by atoms with Crippen molar-refractivity contribution in [1.82, 2.24) is 0 Å². The Kier molecular flexibility index (Phi) is 4.37. The minimum Gasteiger partial charge on any atom is -0.322 e. The van der Waals surface area contributed by atoms with Gasteiger partial charge in [0.2, 0.25) is 0 Å². The van der Waals surface area contributed by atoms with Crippen LogP contribution in [0.2, 0.25) is 0 Å². The summed E-state index contributed by atoms with van der Waals surface area (Å²) in [4.78, 5) is 12.3. The number of carbonyl (C=O) groups is 1. The van der Waals surface area contributed by atoms with Crippen molar-refractivity contribution in [2.45, 2.75) is 6.92 Å². The summed E-state index contributed by atoms with van der Waals surface area (Å²) >= 11 is 3.38. The van der Waals surface area contributed by atoms with E-state index in [0.29, 0.717) is 11.3 Å². The van der Waals surface area contributed by atoms with Crippen LogP contribution in [0.25, 0.3) is 0 Å². The lowest BCUT2D eigenvalue weighted by Crippen LogP contribution is -2.13. The van der Waals surface area contributed by atoms with Crippen LogP contribution in [0.1, 0.15) is 27.0 Å². The molecule has 4 nitrogen and oxygen atoms in total. The standard InChI is InChI=1S/C16H10BrN3O/c1-10-14(3-2-4-15(10)17)16(21)20-13-6-5-11(8-18)12(7-13)9-19/h2-7H,1H3,(H,20,21). The van der Waals surface area contributed by atoms with Crippen LogP contribution in [0.4, 0.5) is 5.69 Å². The van der Waals surface area contributed by atoms with Gasteiger partial charge in [0.1, 0.15) is 12.1 Å². The summed E-state index contributed by atoms with van der Waals surface area (Å²) < 4.78 is 0.854. The molecular formula is C16H10BrN3O. The van der Waals surface area contributed by atoms with Crippen LogP contribution in [0.15, 0.2) is 40.9 Å². The van der Waals surface area contributed by atoms with Crippen molar-refractivity contribution in [2.75, 3.05) is 5.32 Å². The zero-order valence-electron chi connectivity index (χ0n) is 11.1. The molecule has 0 bridgehead atoms. The normalized spacial score (nSPS) is 9.52. The number of hydrogen-bond acceptors (Lipinski definition) is 3. The van der Waals surface area contributed by atoms with Crippen LogP contribution in [0.3, 0.4) is 0 Å².